The van der Waals surface area contributed by atoms with Crippen molar-refractivity contribution < 1.29 is 4.74 Å². The Balaban J connectivity index is 1.64. The zero-order valence-electron chi connectivity index (χ0n) is 11.6. The molecule has 1 aromatic heterocycles. The van der Waals surface area contributed by atoms with Crippen LogP contribution >= 0.6 is 0 Å². The van der Waals surface area contributed by atoms with Crippen LogP contribution in [0, 0.1) is 13.8 Å². The lowest BCUT2D eigenvalue weighted by Crippen LogP contribution is -2.32. The molecule has 3 heteroatoms. The maximum absolute atomic E-state index is 6.40. The Morgan fingerprint density at radius 1 is 1.28 bits per heavy atom. The first-order chi connectivity index (χ1) is 8.67. The van der Waals surface area contributed by atoms with E-state index in [1.54, 1.807) is 0 Å². The van der Waals surface area contributed by atoms with Gasteiger partial charge < -0.3 is 4.74 Å². The normalized spacial score (nSPS) is 26.9. The van der Waals surface area contributed by atoms with Crippen molar-refractivity contribution in [3.05, 3.63) is 17.5 Å². The van der Waals surface area contributed by atoms with Gasteiger partial charge >= 0.3 is 0 Å². The molecule has 0 bridgehead atoms. The molecule has 1 aliphatic carbocycles. The molecule has 1 unspecified atom stereocenters. The maximum atomic E-state index is 6.40. The predicted octanol–water partition coefficient (Wildman–Crippen LogP) is 3.38. The average molecular weight is 248 g/mol. The summed E-state index contributed by atoms with van der Waals surface area (Å²) in [6.07, 6.45) is 9.50. The van der Waals surface area contributed by atoms with Crippen molar-refractivity contribution in [3.8, 4) is 0 Å². The molecule has 1 saturated heterocycles. The van der Waals surface area contributed by atoms with Gasteiger partial charge in [0.1, 0.15) is 0 Å². The van der Waals surface area contributed by atoms with Gasteiger partial charge in [-0.05, 0) is 45.6 Å². The number of aromatic nitrogens is 2. The summed E-state index contributed by atoms with van der Waals surface area (Å²) in [5, 5.41) is 4.54. The fraction of sp³-hybridized carbons (Fsp3) is 0.800. The Bertz CT molecular complexity index is 418. The minimum atomic E-state index is 0.235. The highest BCUT2D eigenvalue weighted by Gasteiger charge is 2.40. The summed E-state index contributed by atoms with van der Waals surface area (Å²) in [6, 6.07) is 2.14. The van der Waals surface area contributed by atoms with E-state index in [4.69, 9.17) is 4.74 Å². The smallest absolute Gasteiger partial charge is 0.0779 e. The van der Waals surface area contributed by atoms with Gasteiger partial charge in [0.25, 0.3) is 0 Å². The number of ether oxygens (including phenoxy) is 1. The van der Waals surface area contributed by atoms with Crippen LogP contribution in [0.2, 0.25) is 0 Å². The molecule has 0 radical (unpaired) electrons. The van der Waals surface area contributed by atoms with Crippen LogP contribution in [-0.2, 0) is 11.3 Å². The second-order valence-corrected chi connectivity index (χ2v) is 6.13. The van der Waals surface area contributed by atoms with Crippen LogP contribution in [-0.4, -0.2) is 21.5 Å². The molecule has 2 aliphatic rings. The molecule has 1 saturated carbocycles. The van der Waals surface area contributed by atoms with Crippen LogP contribution < -0.4 is 0 Å². The van der Waals surface area contributed by atoms with Crippen LogP contribution in [0.5, 0.6) is 0 Å². The number of nitrogens with zero attached hydrogens (tertiary/aromatic N) is 2. The van der Waals surface area contributed by atoms with E-state index in [0.717, 1.165) is 12.2 Å². The first-order valence-electron chi connectivity index (χ1n) is 7.36. The van der Waals surface area contributed by atoms with E-state index in [2.05, 4.69) is 29.7 Å². The topological polar surface area (TPSA) is 27.1 Å². The van der Waals surface area contributed by atoms with Crippen LogP contribution in [0.25, 0.3) is 0 Å². The first-order valence-corrected chi connectivity index (χ1v) is 7.36. The molecule has 3 rings (SSSR count). The van der Waals surface area contributed by atoms with Crippen molar-refractivity contribution in [1.82, 2.24) is 9.78 Å². The Hall–Kier alpha value is -0.830. The molecule has 18 heavy (non-hydrogen) atoms. The molecule has 2 fully saturated rings. The predicted molar refractivity (Wildman–Crippen MR) is 71.6 cm³/mol. The van der Waals surface area contributed by atoms with E-state index in [0.29, 0.717) is 6.10 Å². The summed E-state index contributed by atoms with van der Waals surface area (Å²) in [7, 11) is 0. The van der Waals surface area contributed by atoms with Gasteiger partial charge in [-0.3, -0.25) is 4.68 Å². The highest BCUT2D eigenvalue weighted by molar-refractivity contribution is 5.07. The summed E-state index contributed by atoms with van der Waals surface area (Å²) < 4.78 is 8.51. The Labute approximate surface area is 110 Å². The summed E-state index contributed by atoms with van der Waals surface area (Å²) in [5.41, 5.74) is 2.59. The fourth-order valence-corrected chi connectivity index (χ4v) is 3.64. The van der Waals surface area contributed by atoms with Gasteiger partial charge in [-0.2, -0.15) is 5.10 Å². The highest BCUT2D eigenvalue weighted by Crippen LogP contribution is 2.42. The van der Waals surface area contributed by atoms with E-state index in [1.807, 2.05) is 0 Å². The molecule has 2 heterocycles. The van der Waals surface area contributed by atoms with Crippen molar-refractivity contribution in [3.63, 3.8) is 0 Å². The standard InChI is InChI=1S/C15H24N2O/c1-12-10-13(2)17(16-12)11-14-6-9-15(18-14)7-4-3-5-8-15/h10,14H,3-9,11H2,1-2H3. The lowest BCUT2D eigenvalue weighted by Gasteiger charge is -2.33. The molecule has 1 spiro atoms. The molecular formula is C15H24N2O. The molecule has 1 aliphatic heterocycles. The largest absolute Gasteiger partial charge is 0.370 e. The number of rotatable bonds is 2. The second-order valence-electron chi connectivity index (χ2n) is 6.13. The van der Waals surface area contributed by atoms with E-state index in [1.165, 1.54) is 50.6 Å². The van der Waals surface area contributed by atoms with Crippen LogP contribution in [0.1, 0.15) is 56.3 Å². The molecule has 1 aromatic rings. The van der Waals surface area contributed by atoms with Gasteiger partial charge in [0, 0.05) is 5.69 Å². The van der Waals surface area contributed by atoms with Gasteiger partial charge in [0.15, 0.2) is 0 Å². The van der Waals surface area contributed by atoms with Crippen molar-refractivity contribution in [2.75, 3.05) is 0 Å². The Kier molecular flexibility index (Phi) is 3.18. The second kappa shape index (κ2) is 4.69. The molecule has 0 N–H and O–H groups in total. The quantitative estimate of drug-likeness (QED) is 0.802. The third-order valence-corrected chi connectivity index (χ3v) is 4.58. The van der Waals surface area contributed by atoms with E-state index in [9.17, 15) is 0 Å². The van der Waals surface area contributed by atoms with Crippen molar-refractivity contribution in [1.29, 1.82) is 0 Å². The molecule has 3 nitrogen and oxygen atoms in total. The lowest BCUT2D eigenvalue weighted by atomic mass is 9.83. The average Bonchev–Trinajstić information content (AvgIpc) is 2.86. The van der Waals surface area contributed by atoms with Crippen LogP contribution in [0.3, 0.4) is 0 Å². The monoisotopic (exact) mass is 248 g/mol. The number of hydrogen-bond acceptors (Lipinski definition) is 2. The lowest BCUT2D eigenvalue weighted by molar-refractivity contribution is -0.0690. The van der Waals surface area contributed by atoms with Gasteiger partial charge in [-0.25, -0.2) is 0 Å². The van der Waals surface area contributed by atoms with E-state index >= 15 is 0 Å². The molecule has 0 aromatic carbocycles. The van der Waals surface area contributed by atoms with Crippen LogP contribution in [0.15, 0.2) is 6.07 Å². The zero-order chi connectivity index (χ0) is 12.6. The van der Waals surface area contributed by atoms with Crippen LogP contribution in [0.4, 0.5) is 0 Å². The summed E-state index contributed by atoms with van der Waals surface area (Å²) in [4.78, 5) is 0. The van der Waals surface area contributed by atoms with Gasteiger partial charge in [0.05, 0.1) is 23.9 Å². The molecule has 100 valence electrons. The number of hydrogen-bond donors (Lipinski definition) is 0. The van der Waals surface area contributed by atoms with Crippen molar-refractivity contribution in [2.45, 2.75) is 77.0 Å². The molecular weight excluding hydrogens is 224 g/mol. The van der Waals surface area contributed by atoms with Crippen molar-refractivity contribution in [2.24, 2.45) is 0 Å². The minimum Gasteiger partial charge on any atom is -0.370 e. The highest BCUT2D eigenvalue weighted by atomic mass is 16.5. The van der Waals surface area contributed by atoms with Gasteiger partial charge in [-0.1, -0.05) is 19.3 Å². The molecule has 0 amide bonds. The van der Waals surface area contributed by atoms with Gasteiger partial charge in [-0.15, -0.1) is 0 Å². The van der Waals surface area contributed by atoms with E-state index < -0.39 is 0 Å². The molecule has 1 atom stereocenters. The Morgan fingerprint density at radius 2 is 2.06 bits per heavy atom. The SMILES string of the molecule is Cc1cc(C)n(CC2CCC3(CCCCC3)O2)n1. The number of aryl methyl sites for hydroxylation is 2. The summed E-state index contributed by atoms with van der Waals surface area (Å²) in [5.74, 6) is 0. The third kappa shape index (κ3) is 2.33. The Morgan fingerprint density at radius 3 is 2.72 bits per heavy atom. The maximum Gasteiger partial charge on any atom is 0.0779 e. The van der Waals surface area contributed by atoms with E-state index in [-0.39, 0.29) is 5.60 Å². The third-order valence-electron chi connectivity index (χ3n) is 4.58. The minimum absolute atomic E-state index is 0.235. The summed E-state index contributed by atoms with van der Waals surface area (Å²) >= 11 is 0. The van der Waals surface area contributed by atoms with Gasteiger partial charge in [0.2, 0.25) is 0 Å². The summed E-state index contributed by atoms with van der Waals surface area (Å²) in [6.45, 7) is 5.12. The van der Waals surface area contributed by atoms with Crippen molar-refractivity contribution >= 4 is 0 Å². The fourth-order valence-electron chi connectivity index (χ4n) is 3.64. The first kappa shape index (κ1) is 12.2. The zero-order valence-corrected chi connectivity index (χ0v) is 11.6.